The smallest absolute Gasteiger partial charge is 0.270 e. The Kier molecular flexibility index (Phi) is 3.49. The normalized spacial score (nSPS) is 9.86. The Bertz CT molecular complexity index is 394. The molecule has 0 fully saturated rings. The van der Waals surface area contributed by atoms with Crippen molar-refractivity contribution in [2.45, 2.75) is 6.42 Å². The van der Waals surface area contributed by atoms with E-state index in [0.717, 1.165) is 0 Å². The average Bonchev–Trinajstić information content (AvgIpc) is 2.07. The predicted molar refractivity (Wildman–Crippen MR) is 55.8 cm³/mol. The highest BCUT2D eigenvalue weighted by atomic mass is 35.5. The van der Waals surface area contributed by atoms with E-state index in [2.05, 4.69) is 12.6 Å². The molecule has 74 valence electrons. The van der Waals surface area contributed by atoms with Gasteiger partial charge in [-0.1, -0.05) is 17.7 Å². The van der Waals surface area contributed by atoms with E-state index in [4.69, 9.17) is 11.6 Å². The molecule has 4 nitrogen and oxygen atoms in total. The van der Waals surface area contributed by atoms with Gasteiger partial charge in [0.1, 0.15) is 0 Å². The quantitative estimate of drug-likeness (QED) is 0.493. The summed E-state index contributed by atoms with van der Waals surface area (Å²) in [7, 11) is 0. The number of nitrogens with zero attached hydrogens (tertiary/aromatic N) is 1. The standard InChI is InChI=1S/C8H6ClNO3S/c9-7-4-6(10(12)13)2-1-5(7)3-8(11)14/h1-2,4H,3H2,(H,11,14). The van der Waals surface area contributed by atoms with Gasteiger partial charge in [0.25, 0.3) is 5.69 Å². The monoisotopic (exact) mass is 231 g/mol. The van der Waals surface area contributed by atoms with Crippen LogP contribution in [0.4, 0.5) is 5.69 Å². The van der Waals surface area contributed by atoms with Gasteiger partial charge in [0.05, 0.1) is 9.95 Å². The molecule has 0 radical (unpaired) electrons. The average molecular weight is 232 g/mol. The fourth-order valence-electron chi connectivity index (χ4n) is 0.956. The molecule has 0 amide bonds. The summed E-state index contributed by atoms with van der Waals surface area (Å²) in [5, 5.41) is 10.2. The molecule has 14 heavy (non-hydrogen) atoms. The molecule has 6 heteroatoms. The van der Waals surface area contributed by atoms with Crippen LogP contribution in [0, 0.1) is 10.1 Å². The molecule has 0 spiro atoms. The van der Waals surface area contributed by atoms with Gasteiger partial charge in [-0.25, -0.2) is 0 Å². The van der Waals surface area contributed by atoms with E-state index in [1.807, 2.05) is 0 Å². The van der Waals surface area contributed by atoms with Crippen LogP contribution in [0.15, 0.2) is 18.2 Å². The number of hydrogen-bond donors (Lipinski definition) is 1. The number of thiol groups is 1. The first-order chi connectivity index (χ1) is 6.50. The van der Waals surface area contributed by atoms with Gasteiger partial charge in [-0.05, 0) is 5.56 Å². The second kappa shape index (κ2) is 4.43. The third kappa shape index (κ3) is 2.71. The molecule has 0 unspecified atom stereocenters. The van der Waals surface area contributed by atoms with Gasteiger partial charge in [0.2, 0.25) is 0 Å². The maximum Gasteiger partial charge on any atom is 0.270 e. The predicted octanol–water partition coefficient (Wildman–Crippen LogP) is 2.25. The summed E-state index contributed by atoms with van der Waals surface area (Å²) in [5.41, 5.74) is 0.447. The molecule has 0 N–H and O–H groups in total. The lowest BCUT2D eigenvalue weighted by atomic mass is 10.1. The minimum Gasteiger partial charge on any atom is -0.287 e. The Hall–Kier alpha value is -1.07. The molecular weight excluding hydrogens is 226 g/mol. The largest absolute Gasteiger partial charge is 0.287 e. The lowest BCUT2D eigenvalue weighted by Crippen LogP contribution is -1.96. The molecule has 0 aliphatic heterocycles. The third-order valence-electron chi connectivity index (χ3n) is 1.59. The minimum atomic E-state index is -0.543. The highest BCUT2D eigenvalue weighted by Gasteiger charge is 2.10. The van der Waals surface area contributed by atoms with Crippen LogP contribution in [0.25, 0.3) is 0 Å². The van der Waals surface area contributed by atoms with Crippen LogP contribution in [-0.2, 0) is 11.2 Å². The summed E-state index contributed by atoms with van der Waals surface area (Å²) in [6.45, 7) is 0. The van der Waals surface area contributed by atoms with Gasteiger partial charge in [0.15, 0.2) is 5.12 Å². The maximum absolute atomic E-state index is 10.7. The van der Waals surface area contributed by atoms with Crippen molar-refractivity contribution in [1.29, 1.82) is 0 Å². The first-order valence-corrected chi connectivity index (χ1v) is 4.48. The first kappa shape index (κ1) is 11.0. The van der Waals surface area contributed by atoms with Crippen LogP contribution in [0.1, 0.15) is 5.56 Å². The Morgan fingerprint density at radius 1 is 1.57 bits per heavy atom. The van der Waals surface area contributed by atoms with E-state index in [1.54, 1.807) is 0 Å². The first-order valence-electron chi connectivity index (χ1n) is 3.65. The number of hydrogen-bond acceptors (Lipinski definition) is 3. The van der Waals surface area contributed by atoms with Gasteiger partial charge in [-0.15, -0.1) is 12.6 Å². The molecule has 0 saturated heterocycles. The lowest BCUT2D eigenvalue weighted by Gasteiger charge is -2.00. The van der Waals surface area contributed by atoms with Crippen LogP contribution in [-0.4, -0.2) is 10.0 Å². The van der Waals surface area contributed by atoms with Crippen LogP contribution in [0.3, 0.4) is 0 Å². The Morgan fingerprint density at radius 3 is 2.64 bits per heavy atom. The van der Waals surface area contributed by atoms with E-state index in [0.29, 0.717) is 5.56 Å². The second-order valence-corrected chi connectivity index (χ2v) is 3.51. The SMILES string of the molecule is O=C(S)Cc1ccc([N+](=O)[O-])cc1Cl. The minimum absolute atomic E-state index is 0.0694. The molecule has 1 aromatic carbocycles. The van der Waals surface area contributed by atoms with Gasteiger partial charge < -0.3 is 0 Å². The molecule has 0 bridgehead atoms. The summed E-state index contributed by atoms with van der Waals surface area (Å²) in [5.74, 6) is 0. The molecule has 1 aromatic rings. The Labute approximate surface area is 90.4 Å². The second-order valence-electron chi connectivity index (χ2n) is 2.60. The zero-order valence-corrected chi connectivity index (χ0v) is 8.59. The van der Waals surface area contributed by atoms with Crippen molar-refractivity contribution < 1.29 is 9.72 Å². The number of nitro benzene ring substituents is 1. The zero-order chi connectivity index (χ0) is 10.7. The van der Waals surface area contributed by atoms with Crippen molar-refractivity contribution in [2.24, 2.45) is 0 Å². The van der Waals surface area contributed by atoms with Crippen molar-refractivity contribution in [3.8, 4) is 0 Å². The third-order valence-corrected chi connectivity index (χ3v) is 2.10. The summed E-state index contributed by atoms with van der Waals surface area (Å²) >= 11 is 9.32. The highest BCUT2D eigenvalue weighted by molar-refractivity contribution is 7.96. The van der Waals surface area contributed by atoms with Crippen molar-refractivity contribution in [2.75, 3.05) is 0 Å². The van der Waals surface area contributed by atoms with Crippen molar-refractivity contribution >= 4 is 35.0 Å². The fraction of sp³-hybridized carbons (Fsp3) is 0.125. The van der Waals surface area contributed by atoms with Crippen LogP contribution < -0.4 is 0 Å². The number of halogens is 1. The number of benzene rings is 1. The van der Waals surface area contributed by atoms with Gasteiger partial charge in [0, 0.05) is 18.6 Å². The molecule has 1 rings (SSSR count). The molecule has 0 aliphatic rings. The van der Waals surface area contributed by atoms with E-state index in [9.17, 15) is 14.9 Å². The molecule has 0 atom stereocenters. The van der Waals surface area contributed by atoms with Crippen molar-refractivity contribution in [3.05, 3.63) is 38.9 Å². The number of carbonyl (C=O) groups is 1. The molecule has 0 heterocycles. The van der Waals surface area contributed by atoms with Crippen molar-refractivity contribution in [3.63, 3.8) is 0 Å². The Balaban J connectivity index is 3.01. The van der Waals surface area contributed by atoms with Gasteiger partial charge in [-0.3, -0.25) is 14.9 Å². The van der Waals surface area contributed by atoms with E-state index >= 15 is 0 Å². The molecule has 0 aromatic heterocycles. The summed E-state index contributed by atoms with van der Waals surface area (Å²) in [6.07, 6.45) is 0.0694. The number of carbonyl (C=O) groups excluding carboxylic acids is 1. The van der Waals surface area contributed by atoms with E-state index in [-0.39, 0.29) is 22.2 Å². The summed E-state index contributed by atoms with van der Waals surface area (Å²) < 4.78 is 0. The zero-order valence-electron chi connectivity index (χ0n) is 6.94. The van der Waals surface area contributed by atoms with E-state index in [1.165, 1.54) is 18.2 Å². The highest BCUT2D eigenvalue weighted by Crippen LogP contribution is 2.23. The van der Waals surface area contributed by atoms with Crippen LogP contribution in [0.2, 0.25) is 5.02 Å². The topological polar surface area (TPSA) is 60.2 Å². The number of non-ortho nitro benzene ring substituents is 1. The van der Waals surface area contributed by atoms with Crippen LogP contribution >= 0.6 is 24.2 Å². The summed E-state index contributed by atoms with van der Waals surface area (Å²) in [6, 6.07) is 3.97. The molecule has 0 saturated carbocycles. The van der Waals surface area contributed by atoms with Gasteiger partial charge in [-0.2, -0.15) is 0 Å². The fourth-order valence-corrected chi connectivity index (χ4v) is 1.37. The number of nitro groups is 1. The lowest BCUT2D eigenvalue weighted by molar-refractivity contribution is -0.384. The van der Waals surface area contributed by atoms with Crippen LogP contribution in [0.5, 0.6) is 0 Å². The Morgan fingerprint density at radius 2 is 2.21 bits per heavy atom. The number of rotatable bonds is 3. The maximum atomic E-state index is 10.7. The van der Waals surface area contributed by atoms with Gasteiger partial charge >= 0.3 is 0 Å². The van der Waals surface area contributed by atoms with E-state index < -0.39 is 4.92 Å². The molecular formula is C8H6ClNO3S. The van der Waals surface area contributed by atoms with Crippen molar-refractivity contribution in [1.82, 2.24) is 0 Å². The summed E-state index contributed by atoms with van der Waals surface area (Å²) in [4.78, 5) is 20.5. The molecule has 0 aliphatic carbocycles.